The summed E-state index contributed by atoms with van der Waals surface area (Å²) >= 11 is 0. The maximum absolute atomic E-state index is 6.25. The maximum Gasteiger partial charge on any atom is 0.231 e. The van der Waals surface area contributed by atoms with Crippen LogP contribution >= 0.6 is 12.4 Å². The first-order valence-corrected chi connectivity index (χ1v) is 9.70. The van der Waals surface area contributed by atoms with E-state index < -0.39 is 0 Å². The van der Waals surface area contributed by atoms with Crippen molar-refractivity contribution in [2.75, 3.05) is 6.79 Å². The molecule has 0 bridgehead atoms. The minimum absolute atomic E-state index is 0. The molecule has 154 valence electrons. The summed E-state index contributed by atoms with van der Waals surface area (Å²) in [4.78, 5) is 4.63. The van der Waals surface area contributed by atoms with Crippen molar-refractivity contribution in [1.29, 1.82) is 0 Å². The van der Waals surface area contributed by atoms with Gasteiger partial charge in [0.2, 0.25) is 6.79 Å². The fourth-order valence-electron chi connectivity index (χ4n) is 3.78. The van der Waals surface area contributed by atoms with Gasteiger partial charge in [-0.15, -0.1) is 12.4 Å². The molecule has 2 aromatic carbocycles. The number of hydrogen-bond acceptors (Lipinski definition) is 4. The number of aromatic nitrogens is 2. The van der Waals surface area contributed by atoms with E-state index in [-0.39, 0.29) is 19.2 Å². The number of rotatable bonds is 5. The number of nitrogens with zero attached hydrogens (tertiary/aromatic N) is 2. The number of benzene rings is 2. The van der Waals surface area contributed by atoms with Crippen molar-refractivity contribution in [3.05, 3.63) is 83.2 Å². The van der Waals surface area contributed by atoms with Gasteiger partial charge in [-0.3, -0.25) is 4.98 Å². The summed E-state index contributed by atoms with van der Waals surface area (Å²) in [6.45, 7) is 5.76. The first kappa shape index (κ1) is 20.1. The Balaban J connectivity index is 0.00000218. The molecule has 2 aromatic heterocycles. The zero-order chi connectivity index (χ0) is 19.8. The van der Waals surface area contributed by atoms with Crippen molar-refractivity contribution in [1.82, 2.24) is 9.55 Å². The van der Waals surface area contributed by atoms with Crippen molar-refractivity contribution in [2.45, 2.75) is 27.0 Å². The van der Waals surface area contributed by atoms with Crippen molar-refractivity contribution in [3.63, 3.8) is 0 Å². The molecule has 0 atom stereocenters. The fraction of sp³-hybridized carbons (Fsp3) is 0.208. The van der Waals surface area contributed by atoms with Crippen LogP contribution < -0.4 is 14.2 Å². The van der Waals surface area contributed by atoms with Crippen LogP contribution in [0, 0.1) is 13.8 Å². The molecule has 3 heterocycles. The van der Waals surface area contributed by atoms with Crippen molar-refractivity contribution in [2.24, 2.45) is 0 Å². The fourth-order valence-corrected chi connectivity index (χ4v) is 3.78. The van der Waals surface area contributed by atoms with Gasteiger partial charge in [0.15, 0.2) is 11.5 Å². The molecule has 0 N–H and O–H groups in total. The Kier molecular flexibility index (Phi) is 5.55. The van der Waals surface area contributed by atoms with Crippen LogP contribution in [0.5, 0.6) is 17.2 Å². The molecule has 0 spiro atoms. The van der Waals surface area contributed by atoms with Gasteiger partial charge in [0.1, 0.15) is 17.9 Å². The summed E-state index contributed by atoms with van der Waals surface area (Å²) in [6.07, 6.45) is 1.82. The highest BCUT2D eigenvalue weighted by atomic mass is 35.5. The average molecular weight is 423 g/mol. The van der Waals surface area contributed by atoms with Gasteiger partial charge >= 0.3 is 0 Å². The smallest absolute Gasteiger partial charge is 0.231 e. The zero-order valence-electron chi connectivity index (χ0n) is 16.9. The second kappa shape index (κ2) is 8.28. The van der Waals surface area contributed by atoms with Gasteiger partial charge in [0.25, 0.3) is 0 Å². The molecule has 5 nitrogen and oxygen atoms in total. The number of pyridine rings is 1. The maximum atomic E-state index is 6.25. The molecule has 4 aromatic rings. The van der Waals surface area contributed by atoms with Gasteiger partial charge < -0.3 is 18.8 Å². The Morgan fingerprint density at radius 2 is 1.77 bits per heavy atom. The van der Waals surface area contributed by atoms with Gasteiger partial charge in [-0.05, 0) is 42.7 Å². The number of hydrogen-bond donors (Lipinski definition) is 0. The first-order valence-electron chi connectivity index (χ1n) is 9.70. The summed E-state index contributed by atoms with van der Waals surface area (Å²) in [5.41, 5.74) is 6.69. The van der Waals surface area contributed by atoms with Gasteiger partial charge in [-0.1, -0.05) is 36.4 Å². The standard InChI is InChI=1S/C24H22N2O3.ClH/c1-16-17(2)26(13-18-6-4-3-5-7-18)24-21(10-11-25-23(16)24)27-14-19-8-9-20-22(12-19)29-15-28-20;/h3-12H,13-15H2,1-2H3;1H. The summed E-state index contributed by atoms with van der Waals surface area (Å²) in [5, 5.41) is 0. The number of fused-ring (bicyclic) bond motifs is 2. The van der Waals surface area contributed by atoms with Crippen LogP contribution in [-0.2, 0) is 13.2 Å². The van der Waals surface area contributed by atoms with E-state index in [1.165, 1.54) is 16.8 Å². The SMILES string of the molecule is Cc1c(C)n(Cc2ccccc2)c2c(OCc3ccc4c(c3)OCO4)ccnc12.Cl. The van der Waals surface area contributed by atoms with Crippen molar-refractivity contribution >= 4 is 23.4 Å². The van der Waals surface area contributed by atoms with Crippen molar-refractivity contribution < 1.29 is 14.2 Å². The van der Waals surface area contributed by atoms with Crippen LogP contribution in [0.15, 0.2) is 60.8 Å². The lowest BCUT2D eigenvalue weighted by Crippen LogP contribution is -2.04. The van der Waals surface area contributed by atoms with Gasteiger partial charge in [0.05, 0.1) is 5.52 Å². The van der Waals surface area contributed by atoms with Crippen LogP contribution in [0.25, 0.3) is 11.0 Å². The molecule has 6 heteroatoms. The van der Waals surface area contributed by atoms with E-state index in [9.17, 15) is 0 Å². The Morgan fingerprint density at radius 3 is 2.60 bits per heavy atom. The van der Waals surface area contributed by atoms with Crippen molar-refractivity contribution in [3.8, 4) is 17.2 Å². The van der Waals surface area contributed by atoms with E-state index in [0.717, 1.165) is 40.4 Å². The van der Waals surface area contributed by atoms with Crippen LogP contribution in [0.3, 0.4) is 0 Å². The van der Waals surface area contributed by atoms with Gasteiger partial charge in [-0.2, -0.15) is 0 Å². The minimum Gasteiger partial charge on any atom is -0.487 e. The third kappa shape index (κ3) is 3.57. The average Bonchev–Trinajstić information content (AvgIpc) is 3.32. The monoisotopic (exact) mass is 422 g/mol. The van der Waals surface area contributed by atoms with E-state index in [4.69, 9.17) is 14.2 Å². The molecule has 0 fully saturated rings. The molecule has 30 heavy (non-hydrogen) atoms. The quantitative estimate of drug-likeness (QED) is 0.430. The summed E-state index contributed by atoms with van der Waals surface area (Å²) in [6, 6.07) is 18.3. The van der Waals surface area contributed by atoms with Crippen LogP contribution in [0.4, 0.5) is 0 Å². The normalized spacial score (nSPS) is 12.1. The molecular weight excluding hydrogens is 400 g/mol. The minimum atomic E-state index is 0. The molecule has 0 saturated carbocycles. The lowest BCUT2D eigenvalue weighted by molar-refractivity contribution is 0.174. The predicted molar refractivity (Wildman–Crippen MR) is 119 cm³/mol. The Labute approximate surface area is 181 Å². The highest BCUT2D eigenvalue weighted by Crippen LogP contribution is 2.34. The summed E-state index contributed by atoms with van der Waals surface area (Å²) < 4.78 is 19.4. The first-order chi connectivity index (χ1) is 14.2. The molecule has 0 aliphatic carbocycles. The third-order valence-electron chi connectivity index (χ3n) is 5.47. The van der Waals surface area contributed by atoms with Crippen LogP contribution in [0.2, 0.25) is 0 Å². The zero-order valence-corrected chi connectivity index (χ0v) is 17.7. The lowest BCUT2D eigenvalue weighted by atomic mass is 10.2. The lowest BCUT2D eigenvalue weighted by Gasteiger charge is -2.13. The largest absolute Gasteiger partial charge is 0.487 e. The molecule has 1 aliphatic heterocycles. The Morgan fingerprint density at radius 1 is 0.967 bits per heavy atom. The van der Waals surface area contributed by atoms with Gasteiger partial charge in [0, 0.05) is 24.5 Å². The molecular formula is C24H23ClN2O3. The topological polar surface area (TPSA) is 45.5 Å². The molecule has 0 saturated heterocycles. The van der Waals surface area contributed by atoms with Crippen LogP contribution in [0.1, 0.15) is 22.4 Å². The van der Waals surface area contributed by atoms with E-state index in [0.29, 0.717) is 6.61 Å². The third-order valence-corrected chi connectivity index (χ3v) is 5.47. The summed E-state index contributed by atoms with van der Waals surface area (Å²) in [7, 11) is 0. The van der Waals surface area contributed by atoms with E-state index in [1.807, 2.05) is 36.5 Å². The van der Waals surface area contributed by atoms with Gasteiger partial charge in [-0.25, -0.2) is 0 Å². The highest BCUT2D eigenvalue weighted by molar-refractivity contribution is 5.86. The second-order valence-electron chi connectivity index (χ2n) is 7.26. The Bertz CT molecular complexity index is 1190. The highest BCUT2D eigenvalue weighted by Gasteiger charge is 2.18. The van der Waals surface area contributed by atoms with Crippen LogP contribution in [-0.4, -0.2) is 16.3 Å². The van der Waals surface area contributed by atoms with E-state index in [1.54, 1.807) is 0 Å². The second-order valence-corrected chi connectivity index (χ2v) is 7.26. The molecule has 0 radical (unpaired) electrons. The predicted octanol–water partition coefficient (Wildman–Crippen LogP) is 5.43. The van der Waals surface area contributed by atoms with E-state index >= 15 is 0 Å². The number of ether oxygens (including phenoxy) is 3. The molecule has 0 amide bonds. The molecule has 5 rings (SSSR count). The molecule has 0 unspecified atom stereocenters. The summed E-state index contributed by atoms with van der Waals surface area (Å²) in [5.74, 6) is 2.38. The number of aryl methyl sites for hydroxylation is 1. The molecule has 1 aliphatic rings. The number of halogens is 1. The Hall–Kier alpha value is -3.18. The van der Waals surface area contributed by atoms with E-state index in [2.05, 4.69) is 47.7 Å².